The van der Waals surface area contributed by atoms with Crippen LogP contribution in [0.1, 0.15) is 49.0 Å². The average molecular weight is 261 g/mol. The van der Waals surface area contributed by atoms with Gasteiger partial charge in [-0.15, -0.1) is 0 Å². The van der Waals surface area contributed by atoms with Crippen LogP contribution < -0.4 is 0 Å². The first-order valence-corrected chi connectivity index (χ1v) is 6.89. The van der Waals surface area contributed by atoms with Gasteiger partial charge in [-0.25, -0.2) is 4.79 Å². The van der Waals surface area contributed by atoms with E-state index in [0.717, 1.165) is 24.5 Å². The Hall–Kier alpha value is -1.35. The van der Waals surface area contributed by atoms with Crippen molar-refractivity contribution in [3.8, 4) is 0 Å². The molecule has 1 saturated carbocycles. The van der Waals surface area contributed by atoms with Crippen LogP contribution in [0.2, 0.25) is 0 Å². The molecular weight excluding hydrogens is 240 g/mol. The predicted molar refractivity (Wildman–Crippen MR) is 73.1 cm³/mol. The zero-order valence-corrected chi connectivity index (χ0v) is 11.8. The van der Waals surface area contributed by atoms with E-state index in [1.165, 1.54) is 6.42 Å². The smallest absolute Gasteiger partial charge is 0.292 e. The molecular formula is C16H21O3. The minimum atomic E-state index is -0.420. The Labute approximate surface area is 114 Å². The molecule has 0 N–H and O–H groups in total. The number of benzene rings is 1. The van der Waals surface area contributed by atoms with Crippen LogP contribution in [0, 0.1) is 24.9 Å². The fraction of sp³-hybridized carbons (Fsp3) is 0.500. The third kappa shape index (κ3) is 3.35. The summed E-state index contributed by atoms with van der Waals surface area (Å²) in [5.41, 5.74) is 1.45. The first-order chi connectivity index (χ1) is 9.09. The maximum Gasteiger partial charge on any atom is 0.373 e. The molecule has 0 aromatic heterocycles. The molecule has 3 heteroatoms. The lowest BCUT2D eigenvalue weighted by molar-refractivity contribution is -0.248. The molecule has 1 aliphatic carbocycles. The van der Waals surface area contributed by atoms with Gasteiger partial charge in [0.15, 0.2) is 6.10 Å². The number of carbonyl (C=O) groups excluding carboxylic acids is 1. The molecule has 2 atom stereocenters. The molecule has 1 aromatic carbocycles. The topological polar surface area (TPSA) is 35.5 Å². The molecule has 0 heterocycles. The van der Waals surface area contributed by atoms with E-state index in [2.05, 4.69) is 13.8 Å². The first kappa shape index (κ1) is 14.1. The fourth-order valence-electron chi connectivity index (χ4n) is 2.45. The summed E-state index contributed by atoms with van der Waals surface area (Å²) in [4.78, 5) is 22.2. The number of aryl methyl sites for hydroxylation is 1. The van der Waals surface area contributed by atoms with Crippen molar-refractivity contribution in [2.45, 2.75) is 40.0 Å². The van der Waals surface area contributed by atoms with Crippen molar-refractivity contribution in [1.29, 1.82) is 0 Å². The summed E-state index contributed by atoms with van der Waals surface area (Å²) in [5.74, 6) is 0.510. The molecule has 103 valence electrons. The molecule has 0 amide bonds. The Morgan fingerprint density at radius 1 is 1.26 bits per heavy atom. The van der Waals surface area contributed by atoms with E-state index in [0.29, 0.717) is 17.4 Å². The van der Waals surface area contributed by atoms with E-state index in [1.807, 2.05) is 25.1 Å². The van der Waals surface area contributed by atoms with E-state index in [1.54, 1.807) is 6.07 Å². The SMILES string of the molecule is Cc1ccccc1C(=O)OO[C]1CCCC(C)C1C. The normalized spacial score (nSPS) is 24.2. The van der Waals surface area contributed by atoms with Crippen LogP contribution >= 0.6 is 0 Å². The number of rotatable bonds is 3. The highest BCUT2D eigenvalue weighted by molar-refractivity contribution is 5.90. The Morgan fingerprint density at radius 3 is 2.74 bits per heavy atom. The van der Waals surface area contributed by atoms with E-state index >= 15 is 0 Å². The summed E-state index contributed by atoms with van der Waals surface area (Å²) in [7, 11) is 0. The highest BCUT2D eigenvalue weighted by Crippen LogP contribution is 2.36. The van der Waals surface area contributed by atoms with Crippen molar-refractivity contribution in [3.05, 3.63) is 41.5 Å². The molecule has 2 unspecified atom stereocenters. The second-order valence-electron chi connectivity index (χ2n) is 5.39. The van der Waals surface area contributed by atoms with Gasteiger partial charge in [-0.1, -0.05) is 44.9 Å². The molecule has 0 spiro atoms. The van der Waals surface area contributed by atoms with Crippen molar-refractivity contribution >= 4 is 5.97 Å². The first-order valence-electron chi connectivity index (χ1n) is 6.89. The van der Waals surface area contributed by atoms with Crippen molar-refractivity contribution in [2.75, 3.05) is 0 Å². The van der Waals surface area contributed by atoms with Crippen molar-refractivity contribution in [2.24, 2.45) is 11.8 Å². The largest absolute Gasteiger partial charge is 0.373 e. The highest BCUT2D eigenvalue weighted by Gasteiger charge is 2.31. The molecule has 0 saturated heterocycles. The lowest BCUT2D eigenvalue weighted by Crippen LogP contribution is -2.25. The van der Waals surface area contributed by atoms with E-state index in [9.17, 15) is 4.79 Å². The van der Waals surface area contributed by atoms with Crippen molar-refractivity contribution < 1.29 is 14.6 Å². The van der Waals surface area contributed by atoms with Crippen LogP contribution in [-0.4, -0.2) is 5.97 Å². The van der Waals surface area contributed by atoms with Gasteiger partial charge in [0.2, 0.25) is 0 Å². The van der Waals surface area contributed by atoms with Crippen molar-refractivity contribution in [1.82, 2.24) is 0 Å². The summed E-state index contributed by atoms with van der Waals surface area (Å²) < 4.78 is 0. The van der Waals surface area contributed by atoms with Crippen LogP contribution in [0.4, 0.5) is 0 Å². The zero-order valence-electron chi connectivity index (χ0n) is 11.8. The van der Waals surface area contributed by atoms with Crippen LogP contribution in [0.5, 0.6) is 0 Å². The Balaban J connectivity index is 1.92. The summed E-state index contributed by atoms with van der Waals surface area (Å²) in [6, 6.07) is 7.35. The lowest BCUT2D eigenvalue weighted by atomic mass is 9.80. The molecule has 19 heavy (non-hydrogen) atoms. The molecule has 0 bridgehead atoms. The van der Waals surface area contributed by atoms with Gasteiger partial charge in [0, 0.05) is 0 Å². The average Bonchev–Trinajstić information content (AvgIpc) is 2.40. The van der Waals surface area contributed by atoms with Crippen LogP contribution in [0.3, 0.4) is 0 Å². The van der Waals surface area contributed by atoms with Crippen LogP contribution in [-0.2, 0) is 9.78 Å². The van der Waals surface area contributed by atoms with E-state index in [4.69, 9.17) is 9.78 Å². The molecule has 1 radical (unpaired) electrons. The summed E-state index contributed by atoms with van der Waals surface area (Å²) in [6.45, 7) is 6.21. The zero-order chi connectivity index (χ0) is 13.8. The summed E-state index contributed by atoms with van der Waals surface area (Å²) in [6.07, 6.45) is 4.08. The van der Waals surface area contributed by atoms with Gasteiger partial charge in [-0.2, -0.15) is 4.89 Å². The molecule has 3 nitrogen and oxygen atoms in total. The summed E-state index contributed by atoms with van der Waals surface area (Å²) in [5, 5.41) is 0. The molecule has 0 aliphatic heterocycles. The Morgan fingerprint density at radius 2 is 2.00 bits per heavy atom. The van der Waals surface area contributed by atoms with Gasteiger partial charge < -0.3 is 0 Å². The fourth-order valence-corrected chi connectivity index (χ4v) is 2.45. The van der Waals surface area contributed by atoms with Crippen LogP contribution in [0.15, 0.2) is 24.3 Å². The predicted octanol–water partition coefficient (Wildman–Crippen LogP) is 4.07. The third-order valence-electron chi connectivity index (χ3n) is 4.03. The molecule has 1 aliphatic rings. The van der Waals surface area contributed by atoms with E-state index < -0.39 is 5.97 Å². The number of hydrogen-bond acceptors (Lipinski definition) is 3. The molecule has 1 fully saturated rings. The second kappa shape index (κ2) is 6.20. The van der Waals surface area contributed by atoms with E-state index in [-0.39, 0.29) is 0 Å². The standard InChI is InChI=1S/C16H21O3/c1-11-8-6-10-15(13(11)3)18-19-16(17)14-9-5-4-7-12(14)2/h4-5,7,9,11,13H,6,8,10H2,1-3H3. The Bertz CT molecular complexity index is 441. The third-order valence-corrected chi connectivity index (χ3v) is 4.03. The maximum absolute atomic E-state index is 11.9. The highest BCUT2D eigenvalue weighted by atomic mass is 17.2. The van der Waals surface area contributed by atoms with Crippen molar-refractivity contribution in [3.63, 3.8) is 0 Å². The van der Waals surface area contributed by atoms with Gasteiger partial charge in [0.05, 0.1) is 5.56 Å². The molecule has 2 rings (SSSR count). The van der Waals surface area contributed by atoms with Gasteiger partial charge >= 0.3 is 5.97 Å². The minimum Gasteiger partial charge on any atom is -0.292 e. The van der Waals surface area contributed by atoms with Gasteiger partial charge in [-0.05, 0) is 36.8 Å². The number of carbonyl (C=O) groups is 1. The maximum atomic E-state index is 11.9. The second-order valence-corrected chi connectivity index (χ2v) is 5.39. The monoisotopic (exact) mass is 261 g/mol. The number of hydrogen-bond donors (Lipinski definition) is 0. The Kier molecular flexibility index (Phi) is 4.59. The van der Waals surface area contributed by atoms with Gasteiger partial charge in [0.1, 0.15) is 0 Å². The summed E-state index contributed by atoms with van der Waals surface area (Å²) >= 11 is 0. The van der Waals surface area contributed by atoms with Gasteiger partial charge in [-0.3, -0.25) is 4.89 Å². The minimum absolute atomic E-state index is 0.346. The van der Waals surface area contributed by atoms with Crippen LogP contribution in [0.25, 0.3) is 0 Å². The molecule has 1 aromatic rings. The van der Waals surface area contributed by atoms with Gasteiger partial charge in [0.25, 0.3) is 0 Å². The lowest BCUT2D eigenvalue weighted by Gasteiger charge is -2.31. The quantitative estimate of drug-likeness (QED) is 0.607.